The number of amides is 3. The second kappa shape index (κ2) is 10.1. The predicted molar refractivity (Wildman–Crippen MR) is 141 cm³/mol. The van der Waals surface area contributed by atoms with Gasteiger partial charge in [0.1, 0.15) is 11.4 Å². The Bertz CT molecular complexity index is 1350. The van der Waals surface area contributed by atoms with Crippen LogP contribution in [0.3, 0.4) is 0 Å². The number of fused-ring (bicyclic) bond motifs is 1. The SMILES string of the molecule is CC(=O)N1CCN(c2ccc(Nc3ncc(C(N)=O)c(Nc4ccc5c(c4)CCC(=O)N5)n3)cc2)CC1. The van der Waals surface area contributed by atoms with Crippen molar-refractivity contribution in [2.24, 2.45) is 5.73 Å². The van der Waals surface area contributed by atoms with E-state index in [4.69, 9.17) is 5.73 Å². The van der Waals surface area contributed by atoms with E-state index in [0.717, 1.165) is 41.4 Å². The van der Waals surface area contributed by atoms with E-state index in [-0.39, 0.29) is 23.2 Å². The van der Waals surface area contributed by atoms with E-state index in [2.05, 4.69) is 30.8 Å². The molecule has 11 nitrogen and oxygen atoms in total. The van der Waals surface area contributed by atoms with Crippen molar-refractivity contribution in [1.29, 1.82) is 0 Å². The summed E-state index contributed by atoms with van der Waals surface area (Å²) in [5.41, 5.74) is 10.1. The van der Waals surface area contributed by atoms with E-state index in [1.165, 1.54) is 6.20 Å². The number of piperazine rings is 1. The Hall–Kier alpha value is -4.67. The number of nitrogens with two attached hydrogens (primary N) is 1. The average molecular weight is 501 g/mol. The molecule has 5 rings (SSSR count). The number of rotatable bonds is 6. The predicted octanol–water partition coefficient (Wildman–Crippen LogP) is 2.62. The maximum absolute atomic E-state index is 12.0. The average Bonchev–Trinajstić information content (AvgIpc) is 2.89. The highest BCUT2D eigenvalue weighted by atomic mass is 16.2. The van der Waals surface area contributed by atoms with E-state index < -0.39 is 5.91 Å². The monoisotopic (exact) mass is 500 g/mol. The normalized spacial score (nSPS) is 15.0. The number of hydrogen-bond donors (Lipinski definition) is 4. The maximum atomic E-state index is 12.0. The zero-order valence-corrected chi connectivity index (χ0v) is 20.5. The highest BCUT2D eigenvalue weighted by Crippen LogP contribution is 2.28. The lowest BCUT2D eigenvalue weighted by molar-refractivity contribution is -0.129. The third-order valence-corrected chi connectivity index (χ3v) is 6.53. The number of carbonyl (C=O) groups excluding carboxylic acids is 3. The lowest BCUT2D eigenvalue weighted by Crippen LogP contribution is -2.48. The number of aryl methyl sites for hydroxylation is 1. The van der Waals surface area contributed by atoms with Crippen LogP contribution in [0.25, 0.3) is 0 Å². The lowest BCUT2D eigenvalue weighted by atomic mass is 10.0. The number of aromatic nitrogens is 2. The molecule has 1 saturated heterocycles. The van der Waals surface area contributed by atoms with Crippen molar-refractivity contribution >= 4 is 52.2 Å². The molecular weight excluding hydrogens is 472 g/mol. The Morgan fingerprint density at radius 3 is 2.41 bits per heavy atom. The van der Waals surface area contributed by atoms with E-state index in [1.807, 2.05) is 41.3 Å². The van der Waals surface area contributed by atoms with Gasteiger partial charge in [-0.05, 0) is 54.4 Å². The number of benzene rings is 2. The molecule has 0 saturated carbocycles. The van der Waals surface area contributed by atoms with E-state index in [0.29, 0.717) is 31.9 Å². The molecule has 37 heavy (non-hydrogen) atoms. The first-order valence-electron chi connectivity index (χ1n) is 12.1. The minimum atomic E-state index is -0.645. The van der Waals surface area contributed by atoms with Gasteiger partial charge in [0.2, 0.25) is 17.8 Å². The standard InChI is InChI=1S/C26H28N8O3/c1-16(35)33-10-12-34(13-11-33)20-6-3-18(4-7-20)30-26-28-15-21(24(27)37)25(32-26)29-19-5-8-22-17(14-19)2-9-23(36)31-22/h3-8,14-15H,2,9-13H2,1H3,(H2,27,37)(H,31,36)(H2,28,29,30,32). The molecule has 0 spiro atoms. The minimum absolute atomic E-state index is 0.000622. The molecular formula is C26H28N8O3. The molecule has 0 atom stereocenters. The zero-order chi connectivity index (χ0) is 25.9. The highest BCUT2D eigenvalue weighted by Gasteiger charge is 2.19. The van der Waals surface area contributed by atoms with Crippen molar-refractivity contribution in [3.8, 4) is 0 Å². The van der Waals surface area contributed by atoms with Crippen LogP contribution in [0.15, 0.2) is 48.7 Å². The molecule has 0 radical (unpaired) electrons. The van der Waals surface area contributed by atoms with Gasteiger partial charge >= 0.3 is 0 Å². The van der Waals surface area contributed by atoms with E-state index in [1.54, 1.807) is 13.0 Å². The smallest absolute Gasteiger partial charge is 0.254 e. The summed E-state index contributed by atoms with van der Waals surface area (Å²) in [4.78, 5) is 48.0. The van der Waals surface area contributed by atoms with Crippen LogP contribution in [0.2, 0.25) is 0 Å². The third-order valence-electron chi connectivity index (χ3n) is 6.53. The van der Waals surface area contributed by atoms with Crippen molar-refractivity contribution in [2.75, 3.05) is 47.0 Å². The Labute approximate surface area is 214 Å². The number of primary amides is 1. The fourth-order valence-electron chi connectivity index (χ4n) is 4.48. The molecule has 190 valence electrons. The summed E-state index contributed by atoms with van der Waals surface area (Å²) in [5, 5.41) is 9.19. The third kappa shape index (κ3) is 5.45. The summed E-state index contributed by atoms with van der Waals surface area (Å²) in [5.74, 6) is 0.0497. The molecule has 5 N–H and O–H groups in total. The summed E-state index contributed by atoms with van der Waals surface area (Å²) < 4.78 is 0. The van der Waals surface area contributed by atoms with Gasteiger partial charge in [0.25, 0.3) is 5.91 Å². The van der Waals surface area contributed by atoms with Gasteiger partial charge in [0.05, 0.1) is 0 Å². The fraction of sp³-hybridized carbons (Fsp3) is 0.269. The fourth-order valence-corrected chi connectivity index (χ4v) is 4.48. The maximum Gasteiger partial charge on any atom is 0.254 e. The molecule has 0 aliphatic carbocycles. The molecule has 2 aliphatic heterocycles. The first-order chi connectivity index (χ1) is 17.9. The van der Waals surface area contributed by atoms with Gasteiger partial charge in [0.15, 0.2) is 0 Å². The first kappa shape index (κ1) is 24.0. The van der Waals surface area contributed by atoms with Crippen molar-refractivity contribution in [1.82, 2.24) is 14.9 Å². The number of nitrogens with zero attached hydrogens (tertiary/aromatic N) is 4. The molecule has 2 aliphatic rings. The van der Waals surface area contributed by atoms with Crippen LogP contribution in [0.5, 0.6) is 0 Å². The molecule has 1 aromatic heterocycles. The first-order valence-corrected chi connectivity index (χ1v) is 12.1. The van der Waals surface area contributed by atoms with Crippen molar-refractivity contribution < 1.29 is 14.4 Å². The minimum Gasteiger partial charge on any atom is -0.368 e. The molecule has 2 aromatic carbocycles. The van der Waals surface area contributed by atoms with Gasteiger partial charge in [-0.15, -0.1) is 0 Å². The number of nitrogens with one attached hydrogen (secondary N) is 3. The van der Waals surface area contributed by atoms with Crippen molar-refractivity contribution in [2.45, 2.75) is 19.8 Å². The highest BCUT2D eigenvalue weighted by molar-refractivity contribution is 5.98. The number of carbonyl (C=O) groups is 3. The van der Waals surface area contributed by atoms with Gasteiger partial charge in [-0.2, -0.15) is 4.98 Å². The van der Waals surface area contributed by atoms with Crippen LogP contribution in [0, 0.1) is 0 Å². The van der Waals surface area contributed by atoms with Gasteiger partial charge in [-0.1, -0.05) is 0 Å². The topological polar surface area (TPSA) is 146 Å². The molecule has 1 fully saturated rings. The number of hydrogen-bond acceptors (Lipinski definition) is 8. The van der Waals surface area contributed by atoms with Crippen LogP contribution >= 0.6 is 0 Å². The molecule has 0 unspecified atom stereocenters. The van der Waals surface area contributed by atoms with Gasteiger partial charge in [-0.25, -0.2) is 4.98 Å². The largest absolute Gasteiger partial charge is 0.368 e. The summed E-state index contributed by atoms with van der Waals surface area (Å²) >= 11 is 0. The molecule has 3 heterocycles. The Kier molecular flexibility index (Phi) is 6.59. The lowest BCUT2D eigenvalue weighted by Gasteiger charge is -2.35. The van der Waals surface area contributed by atoms with Crippen LogP contribution in [0.1, 0.15) is 29.3 Å². The van der Waals surface area contributed by atoms with Crippen LogP contribution in [0.4, 0.5) is 34.5 Å². The summed E-state index contributed by atoms with van der Waals surface area (Å²) in [6.07, 6.45) is 2.46. The summed E-state index contributed by atoms with van der Waals surface area (Å²) in [6.45, 7) is 4.60. The summed E-state index contributed by atoms with van der Waals surface area (Å²) in [6, 6.07) is 13.4. The zero-order valence-electron chi connectivity index (χ0n) is 20.5. The van der Waals surface area contributed by atoms with Gasteiger partial charge in [0, 0.05) is 68.5 Å². The second-order valence-electron chi connectivity index (χ2n) is 9.03. The van der Waals surface area contributed by atoms with Crippen LogP contribution in [-0.2, 0) is 16.0 Å². The van der Waals surface area contributed by atoms with Crippen molar-refractivity contribution in [3.05, 3.63) is 59.8 Å². The molecule has 0 bridgehead atoms. The molecule has 11 heteroatoms. The van der Waals surface area contributed by atoms with E-state index in [9.17, 15) is 14.4 Å². The van der Waals surface area contributed by atoms with E-state index >= 15 is 0 Å². The second-order valence-corrected chi connectivity index (χ2v) is 9.03. The summed E-state index contributed by atoms with van der Waals surface area (Å²) in [7, 11) is 0. The Morgan fingerprint density at radius 1 is 0.973 bits per heavy atom. The van der Waals surface area contributed by atoms with Crippen molar-refractivity contribution in [3.63, 3.8) is 0 Å². The van der Waals surface area contributed by atoms with Crippen LogP contribution < -0.4 is 26.6 Å². The van der Waals surface area contributed by atoms with Gasteiger partial charge in [-0.3, -0.25) is 14.4 Å². The number of anilines is 6. The Balaban J connectivity index is 1.30. The molecule has 3 amide bonds. The quantitative estimate of drug-likeness (QED) is 0.404. The molecule has 3 aromatic rings. The van der Waals surface area contributed by atoms with Gasteiger partial charge < -0.3 is 31.5 Å². The Morgan fingerprint density at radius 2 is 1.70 bits per heavy atom. The van der Waals surface area contributed by atoms with Crippen LogP contribution in [-0.4, -0.2) is 58.8 Å².